The maximum Gasteiger partial charge on any atom is 0.149 e. The molecule has 9 heavy (non-hydrogen) atoms. The number of ketones is 1. The fourth-order valence-corrected chi connectivity index (χ4v) is 0.407. The topological polar surface area (TPSA) is 40.9 Å². The lowest BCUT2D eigenvalue weighted by Gasteiger charge is -2.13. The molecule has 0 N–H and O–H groups in total. The summed E-state index contributed by atoms with van der Waals surface area (Å²) in [5.74, 6) is -0.0486. The van der Waals surface area contributed by atoms with Crippen molar-refractivity contribution in [2.45, 2.75) is 27.2 Å². The summed E-state index contributed by atoms with van der Waals surface area (Å²) in [4.78, 5) is 10.7. The Bertz CT molecular complexity index is 157. The van der Waals surface area contributed by atoms with Crippen LogP contribution in [0.25, 0.3) is 0 Å². The highest BCUT2D eigenvalue weighted by molar-refractivity contribution is 5.84. The zero-order valence-corrected chi connectivity index (χ0v) is 6.06. The van der Waals surface area contributed by atoms with Gasteiger partial charge in [-0.05, 0) is 20.3 Å². The van der Waals surface area contributed by atoms with Crippen LogP contribution in [0.4, 0.5) is 0 Å². The van der Waals surface area contributed by atoms with Crippen molar-refractivity contribution in [3.63, 3.8) is 0 Å². The standard InChI is InChI=1S/C7H11NO/c1-4-7(3,5-8)6(2)9/h4H2,1-3H3/t7-/m0/s1. The summed E-state index contributed by atoms with van der Waals surface area (Å²) in [5.41, 5.74) is -0.750. The van der Waals surface area contributed by atoms with Gasteiger partial charge in [-0.2, -0.15) is 5.26 Å². The molecule has 0 aliphatic rings. The molecule has 0 aromatic carbocycles. The molecular formula is C7H11NO. The van der Waals surface area contributed by atoms with Crippen molar-refractivity contribution >= 4 is 5.78 Å². The molecule has 0 spiro atoms. The normalized spacial score (nSPS) is 15.8. The first-order chi connectivity index (χ1) is 4.06. The van der Waals surface area contributed by atoms with Gasteiger partial charge in [0.05, 0.1) is 6.07 Å². The maximum atomic E-state index is 10.7. The van der Waals surface area contributed by atoms with Gasteiger partial charge in [-0.3, -0.25) is 4.79 Å². The van der Waals surface area contributed by atoms with Crippen LogP contribution in [0.15, 0.2) is 0 Å². The van der Waals surface area contributed by atoms with Crippen LogP contribution in [0.5, 0.6) is 0 Å². The Balaban J connectivity index is 4.33. The first-order valence-corrected chi connectivity index (χ1v) is 2.99. The lowest BCUT2D eigenvalue weighted by atomic mass is 9.86. The third-order valence-electron chi connectivity index (χ3n) is 1.73. The van der Waals surface area contributed by atoms with Gasteiger partial charge >= 0.3 is 0 Å². The molecule has 1 atom stereocenters. The van der Waals surface area contributed by atoms with Gasteiger partial charge in [-0.1, -0.05) is 6.92 Å². The molecule has 0 rings (SSSR count). The molecule has 0 aliphatic heterocycles. The van der Waals surface area contributed by atoms with Crippen molar-refractivity contribution < 1.29 is 4.79 Å². The van der Waals surface area contributed by atoms with E-state index < -0.39 is 5.41 Å². The predicted octanol–water partition coefficient (Wildman–Crippen LogP) is 1.52. The van der Waals surface area contributed by atoms with Crippen molar-refractivity contribution in [1.29, 1.82) is 5.26 Å². The number of Topliss-reactive ketones (excluding diaryl/α,β-unsaturated/α-hetero) is 1. The second kappa shape index (κ2) is 2.63. The molecule has 0 amide bonds. The fraction of sp³-hybridized carbons (Fsp3) is 0.714. The average Bonchev–Trinajstić information content (AvgIpc) is 1.86. The van der Waals surface area contributed by atoms with E-state index in [0.29, 0.717) is 6.42 Å². The molecule has 2 nitrogen and oxygen atoms in total. The van der Waals surface area contributed by atoms with Gasteiger partial charge in [0.15, 0.2) is 0 Å². The summed E-state index contributed by atoms with van der Waals surface area (Å²) in [6, 6.07) is 1.98. The van der Waals surface area contributed by atoms with Crippen LogP contribution in [0.3, 0.4) is 0 Å². The third kappa shape index (κ3) is 1.53. The second-order valence-electron chi connectivity index (χ2n) is 2.35. The van der Waals surface area contributed by atoms with Gasteiger partial charge in [0.25, 0.3) is 0 Å². The zero-order chi connectivity index (χ0) is 7.49. The van der Waals surface area contributed by atoms with E-state index in [-0.39, 0.29) is 5.78 Å². The van der Waals surface area contributed by atoms with E-state index in [4.69, 9.17) is 5.26 Å². The highest BCUT2D eigenvalue weighted by Crippen LogP contribution is 2.19. The minimum Gasteiger partial charge on any atom is -0.298 e. The fourth-order valence-electron chi connectivity index (χ4n) is 0.407. The summed E-state index contributed by atoms with van der Waals surface area (Å²) in [7, 11) is 0. The van der Waals surface area contributed by atoms with E-state index in [2.05, 4.69) is 0 Å². The summed E-state index contributed by atoms with van der Waals surface area (Å²) in [6.07, 6.45) is 0.596. The Morgan fingerprint density at radius 3 is 2.22 bits per heavy atom. The van der Waals surface area contributed by atoms with Crippen molar-refractivity contribution in [3.05, 3.63) is 0 Å². The highest BCUT2D eigenvalue weighted by atomic mass is 16.1. The molecule has 0 saturated heterocycles. The minimum atomic E-state index is -0.750. The van der Waals surface area contributed by atoms with E-state index in [1.165, 1.54) is 6.92 Å². The first-order valence-electron chi connectivity index (χ1n) is 2.99. The molecule has 0 aromatic rings. The smallest absolute Gasteiger partial charge is 0.149 e. The van der Waals surface area contributed by atoms with Crippen molar-refractivity contribution in [2.24, 2.45) is 5.41 Å². The monoisotopic (exact) mass is 125 g/mol. The van der Waals surface area contributed by atoms with Crippen LogP contribution in [0, 0.1) is 16.7 Å². The van der Waals surface area contributed by atoms with Crippen molar-refractivity contribution in [2.75, 3.05) is 0 Å². The van der Waals surface area contributed by atoms with E-state index in [9.17, 15) is 4.79 Å². The van der Waals surface area contributed by atoms with E-state index in [1.54, 1.807) is 6.92 Å². The van der Waals surface area contributed by atoms with Gasteiger partial charge < -0.3 is 0 Å². The van der Waals surface area contributed by atoms with Crippen LogP contribution in [0.2, 0.25) is 0 Å². The van der Waals surface area contributed by atoms with E-state index in [1.807, 2.05) is 13.0 Å². The maximum absolute atomic E-state index is 10.7. The molecule has 2 heteroatoms. The largest absolute Gasteiger partial charge is 0.298 e. The summed E-state index contributed by atoms with van der Waals surface area (Å²) < 4.78 is 0. The number of rotatable bonds is 2. The van der Waals surface area contributed by atoms with Crippen LogP contribution >= 0.6 is 0 Å². The predicted molar refractivity (Wildman–Crippen MR) is 34.7 cm³/mol. The first kappa shape index (κ1) is 8.16. The lowest BCUT2D eigenvalue weighted by Crippen LogP contribution is -2.21. The Labute approximate surface area is 55.5 Å². The molecule has 0 radical (unpaired) electrons. The zero-order valence-electron chi connectivity index (χ0n) is 6.06. The van der Waals surface area contributed by atoms with Crippen molar-refractivity contribution in [3.8, 4) is 6.07 Å². The third-order valence-corrected chi connectivity index (χ3v) is 1.73. The Morgan fingerprint density at radius 1 is 1.78 bits per heavy atom. The lowest BCUT2D eigenvalue weighted by molar-refractivity contribution is -0.123. The Hall–Kier alpha value is -0.840. The number of hydrogen-bond acceptors (Lipinski definition) is 2. The SMILES string of the molecule is CC[C@@](C)(C#N)C(C)=O. The van der Waals surface area contributed by atoms with E-state index >= 15 is 0 Å². The number of carbonyl (C=O) groups excluding carboxylic acids is 1. The van der Waals surface area contributed by atoms with Gasteiger partial charge in [0.1, 0.15) is 11.2 Å². The van der Waals surface area contributed by atoms with Crippen LogP contribution in [0.1, 0.15) is 27.2 Å². The average molecular weight is 125 g/mol. The van der Waals surface area contributed by atoms with Crippen LogP contribution in [-0.4, -0.2) is 5.78 Å². The Kier molecular flexibility index (Phi) is 2.39. The summed E-state index contributed by atoms with van der Waals surface area (Å²) in [6.45, 7) is 4.95. The Morgan fingerprint density at radius 2 is 2.22 bits per heavy atom. The van der Waals surface area contributed by atoms with Gasteiger partial charge in [0.2, 0.25) is 0 Å². The second-order valence-corrected chi connectivity index (χ2v) is 2.35. The highest BCUT2D eigenvalue weighted by Gasteiger charge is 2.26. The molecular weight excluding hydrogens is 114 g/mol. The number of hydrogen-bond donors (Lipinski definition) is 0. The van der Waals surface area contributed by atoms with E-state index in [0.717, 1.165) is 0 Å². The van der Waals surface area contributed by atoms with Crippen molar-refractivity contribution in [1.82, 2.24) is 0 Å². The minimum absolute atomic E-state index is 0.0486. The van der Waals surface area contributed by atoms with Crippen LogP contribution in [-0.2, 0) is 4.79 Å². The number of nitriles is 1. The van der Waals surface area contributed by atoms with Gasteiger partial charge in [-0.25, -0.2) is 0 Å². The van der Waals surface area contributed by atoms with Gasteiger partial charge in [0, 0.05) is 0 Å². The molecule has 0 aromatic heterocycles. The number of carbonyl (C=O) groups is 1. The molecule has 0 aliphatic carbocycles. The van der Waals surface area contributed by atoms with Crippen LogP contribution < -0.4 is 0 Å². The number of nitrogens with zero attached hydrogens (tertiary/aromatic N) is 1. The molecule has 0 heterocycles. The quantitative estimate of drug-likeness (QED) is 0.561. The molecule has 0 unspecified atom stereocenters. The summed E-state index contributed by atoms with van der Waals surface area (Å²) >= 11 is 0. The molecule has 50 valence electrons. The molecule has 0 saturated carbocycles. The molecule has 0 bridgehead atoms. The summed E-state index contributed by atoms with van der Waals surface area (Å²) in [5, 5.41) is 8.48. The molecule has 0 fully saturated rings. The van der Waals surface area contributed by atoms with Gasteiger partial charge in [-0.15, -0.1) is 0 Å².